The van der Waals surface area contributed by atoms with Crippen molar-refractivity contribution in [2.45, 2.75) is 26.9 Å². The van der Waals surface area contributed by atoms with Crippen LogP contribution in [0.5, 0.6) is 0 Å². The summed E-state index contributed by atoms with van der Waals surface area (Å²) < 4.78 is 1.83. The Hall–Kier alpha value is -3.38. The van der Waals surface area contributed by atoms with E-state index in [0.717, 1.165) is 16.7 Å². The first kappa shape index (κ1) is 25.7. The van der Waals surface area contributed by atoms with Crippen molar-refractivity contribution in [1.29, 1.82) is 5.26 Å². The van der Waals surface area contributed by atoms with Crippen molar-refractivity contribution in [2.24, 2.45) is 7.05 Å². The van der Waals surface area contributed by atoms with Gasteiger partial charge in [-0.2, -0.15) is 5.26 Å². The summed E-state index contributed by atoms with van der Waals surface area (Å²) in [5, 5.41) is 13.5. The summed E-state index contributed by atoms with van der Waals surface area (Å²) in [6, 6.07) is 17.4. The van der Waals surface area contributed by atoms with E-state index in [-0.39, 0.29) is 18.0 Å². The highest BCUT2D eigenvalue weighted by Crippen LogP contribution is 2.36. The molecule has 36 heavy (non-hydrogen) atoms. The quantitative estimate of drug-likeness (QED) is 0.330. The fourth-order valence-electron chi connectivity index (χ4n) is 3.90. The number of amides is 1. The number of thiocarbonyl (C=S) groups is 1. The number of carbonyl (C=O) groups is 1. The lowest BCUT2D eigenvalue weighted by Crippen LogP contribution is -2.27. The molecule has 1 saturated heterocycles. The first-order chi connectivity index (χ1) is 17.2. The lowest BCUT2D eigenvalue weighted by Gasteiger charge is -2.18. The fraction of sp³-hybridized carbons (Fsp3) is 0.185. The van der Waals surface area contributed by atoms with Crippen LogP contribution in [0.2, 0.25) is 5.02 Å². The second-order valence-electron chi connectivity index (χ2n) is 8.44. The van der Waals surface area contributed by atoms with Gasteiger partial charge in [0.05, 0.1) is 11.4 Å². The molecule has 0 spiro atoms. The molecule has 2 aromatic carbocycles. The van der Waals surface area contributed by atoms with Gasteiger partial charge in [0, 0.05) is 24.2 Å². The number of aryl methyl sites for hydroxylation is 1. The van der Waals surface area contributed by atoms with Crippen LogP contribution < -0.4 is 10.9 Å². The smallest absolute Gasteiger partial charge is 0.270 e. The normalized spacial score (nSPS) is 14.4. The zero-order valence-electron chi connectivity index (χ0n) is 20.0. The molecule has 0 bridgehead atoms. The molecule has 6 nitrogen and oxygen atoms in total. The molecule has 2 heterocycles. The summed E-state index contributed by atoms with van der Waals surface area (Å²) in [7, 11) is 1.61. The summed E-state index contributed by atoms with van der Waals surface area (Å²) >= 11 is 13.0. The average Bonchev–Trinajstić information content (AvgIpc) is 3.12. The number of carbonyl (C=O) groups excluding carboxylic acids is 1. The van der Waals surface area contributed by atoms with Crippen LogP contribution in [0.4, 0.5) is 5.82 Å². The topological polar surface area (TPSA) is 78.1 Å². The standard InChI is InChI=1S/C27H23ClN4O2S2/c1-16-8-10-18(11-9-16)14-30-24-20(17(2)21(13-29)25(33)31(24)3)12-23-26(34)32(27(35)36-23)15-19-6-4-5-7-22(19)28/h4-12,30H,14-15H2,1-3H3/b23-12-. The van der Waals surface area contributed by atoms with E-state index in [1.54, 1.807) is 26.1 Å². The third-order valence-corrected chi connectivity index (χ3v) is 7.76. The summed E-state index contributed by atoms with van der Waals surface area (Å²) in [6.07, 6.45) is 1.71. The summed E-state index contributed by atoms with van der Waals surface area (Å²) in [5.74, 6) is 0.273. The van der Waals surface area contributed by atoms with Gasteiger partial charge < -0.3 is 5.32 Å². The van der Waals surface area contributed by atoms with Gasteiger partial charge in [-0.3, -0.25) is 19.1 Å². The third-order valence-electron chi connectivity index (χ3n) is 6.02. The van der Waals surface area contributed by atoms with E-state index >= 15 is 0 Å². The van der Waals surface area contributed by atoms with Crippen molar-refractivity contribution >= 4 is 57.7 Å². The third kappa shape index (κ3) is 5.09. The number of benzene rings is 2. The minimum Gasteiger partial charge on any atom is -0.367 e. The Morgan fingerprint density at radius 2 is 1.83 bits per heavy atom. The number of anilines is 1. The van der Waals surface area contributed by atoms with E-state index in [4.69, 9.17) is 23.8 Å². The molecule has 1 aliphatic heterocycles. The number of halogens is 1. The zero-order valence-corrected chi connectivity index (χ0v) is 22.4. The Labute approximate surface area is 224 Å². The van der Waals surface area contributed by atoms with Crippen molar-refractivity contribution in [3.8, 4) is 6.07 Å². The molecule has 1 N–H and O–H groups in total. The Bertz CT molecular complexity index is 1500. The van der Waals surface area contributed by atoms with E-state index in [1.165, 1.54) is 21.2 Å². The SMILES string of the molecule is Cc1ccc(CNc2c(/C=C3\SC(=S)N(Cc4ccccc4Cl)C3=O)c(C)c(C#N)c(=O)n2C)cc1. The number of rotatable bonds is 6. The molecule has 182 valence electrons. The number of pyridine rings is 1. The number of hydrogen-bond acceptors (Lipinski definition) is 6. The van der Waals surface area contributed by atoms with Crippen LogP contribution in [-0.2, 0) is 24.9 Å². The zero-order chi connectivity index (χ0) is 26.0. The van der Waals surface area contributed by atoms with Crippen molar-refractivity contribution in [3.63, 3.8) is 0 Å². The molecule has 4 rings (SSSR count). The van der Waals surface area contributed by atoms with Crippen LogP contribution >= 0.6 is 35.6 Å². The molecule has 0 atom stereocenters. The highest BCUT2D eigenvalue weighted by molar-refractivity contribution is 8.26. The first-order valence-corrected chi connectivity index (χ1v) is 12.7. The maximum absolute atomic E-state index is 13.3. The maximum Gasteiger partial charge on any atom is 0.270 e. The first-order valence-electron chi connectivity index (χ1n) is 11.1. The summed E-state index contributed by atoms with van der Waals surface area (Å²) in [4.78, 5) is 28.1. The fourth-order valence-corrected chi connectivity index (χ4v) is 5.33. The largest absolute Gasteiger partial charge is 0.367 e. The van der Waals surface area contributed by atoms with Gasteiger partial charge in [-0.15, -0.1) is 0 Å². The van der Waals surface area contributed by atoms with Gasteiger partial charge in [0.1, 0.15) is 21.8 Å². The highest BCUT2D eigenvalue weighted by Gasteiger charge is 2.33. The van der Waals surface area contributed by atoms with Crippen LogP contribution in [0.1, 0.15) is 33.4 Å². The second-order valence-corrected chi connectivity index (χ2v) is 10.5. The molecular weight excluding hydrogens is 512 g/mol. The van der Waals surface area contributed by atoms with Crippen molar-refractivity contribution < 1.29 is 4.79 Å². The monoisotopic (exact) mass is 534 g/mol. The van der Waals surface area contributed by atoms with E-state index < -0.39 is 5.56 Å². The van der Waals surface area contributed by atoms with Gasteiger partial charge in [-0.1, -0.05) is 83.6 Å². The van der Waals surface area contributed by atoms with Crippen LogP contribution in [0.3, 0.4) is 0 Å². The van der Waals surface area contributed by atoms with E-state index in [2.05, 4.69) is 5.32 Å². The Balaban J connectivity index is 1.72. The molecule has 1 aliphatic rings. The molecule has 3 aromatic rings. The van der Waals surface area contributed by atoms with Gasteiger partial charge in [-0.05, 0) is 42.7 Å². The predicted molar refractivity (Wildman–Crippen MR) is 150 cm³/mol. The second kappa shape index (κ2) is 10.7. The number of aromatic nitrogens is 1. The van der Waals surface area contributed by atoms with Crippen molar-refractivity contribution in [2.75, 3.05) is 5.32 Å². The Morgan fingerprint density at radius 1 is 1.14 bits per heavy atom. The van der Waals surface area contributed by atoms with Gasteiger partial charge in [0.2, 0.25) is 0 Å². The highest BCUT2D eigenvalue weighted by atomic mass is 35.5. The van der Waals surface area contributed by atoms with Crippen molar-refractivity contribution in [3.05, 3.63) is 102 Å². The van der Waals surface area contributed by atoms with Gasteiger partial charge in [-0.25, -0.2) is 0 Å². The Kier molecular flexibility index (Phi) is 7.65. The molecule has 9 heteroatoms. The van der Waals surface area contributed by atoms with E-state index in [1.807, 2.05) is 55.5 Å². The Morgan fingerprint density at radius 3 is 2.50 bits per heavy atom. The van der Waals surface area contributed by atoms with Gasteiger partial charge in [0.25, 0.3) is 11.5 Å². The minimum absolute atomic E-state index is 0.0381. The lowest BCUT2D eigenvalue weighted by atomic mass is 10.0. The maximum atomic E-state index is 13.3. The molecular formula is C27H23ClN4O2S2. The lowest BCUT2D eigenvalue weighted by molar-refractivity contribution is -0.122. The molecule has 1 fully saturated rings. The van der Waals surface area contributed by atoms with Gasteiger partial charge in [0.15, 0.2) is 0 Å². The number of nitrogens with one attached hydrogen (secondary N) is 1. The predicted octanol–water partition coefficient (Wildman–Crippen LogP) is 5.54. The van der Waals surface area contributed by atoms with E-state index in [0.29, 0.717) is 37.7 Å². The summed E-state index contributed by atoms with van der Waals surface area (Å²) in [6.45, 7) is 4.46. The van der Waals surface area contributed by atoms with Gasteiger partial charge >= 0.3 is 0 Å². The number of hydrogen-bond donors (Lipinski definition) is 1. The van der Waals surface area contributed by atoms with Crippen LogP contribution in [0, 0.1) is 25.2 Å². The van der Waals surface area contributed by atoms with Crippen molar-refractivity contribution in [1.82, 2.24) is 9.47 Å². The summed E-state index contributed by atoms with van der Waals surface area (Å²) in [5.41, 5.74) is 3.72. The van der Waals surface area contributed by atoms with Crippen LogP contribution in [0.15, 0.2) is 58.2 Å². The minimum atomic E-state index is -0.398. The molecule has 1 amide bonds. The average molecular weight is 535 g/mol. The van der Waals surface area contributed by atoms with Crippen LogP contribution in [0.25, 0.3) is 6.08 Å². The van der Waals surface area contributed by atoms with Crippen LogP contribution in [-0.4, -0.2) is 19.7 Å². The molecule has 0 aliphatic carbocycles. The molecule has 1 aromatic heterocycles. The molecule has 0 radical (unpaired) electrons. The molecule has 0 saturated carbocycles. The number of nitriles is 1. The number of thioether (sulfide) groups is 1. The molecule has 0 unspecified atom stereocenters. The number of nitrogens with zero attached hydrogens (tertiary/aromatic N) is 3. The van der Waals surface area contributed by atoms with E-state index in [9.17, 15) is 14.9 Å².